The van der Waals surface area contributed by atoms with E-state index in [0.29, 0.717) is 36.1 Å². The van der Waals surface area contributed by atoms with Crippen LogP contribution < -0.4 is 9.64 Å². The molecule has 0 radical (unpaired) electrons. The van der Waals surface area contributed by atoms with Crippen molar-refractivity contribution in [3.05, 3.63) is 59.1 Å². The van der Waals surface area contributed by atoms with Crippen LogP contribution in [-0.2, 0) is 16.1 Å². The van der Waals surface area contributed by atoms with Gasteiger partial charge in [0.15, 0.2) is 6.61 Å². The maximum Gasteiger partial charge on any atom is 0.265 e. The summed E-state index contributed by atoms with van der Waals surface area (Å²) in [6.45, 7) is 3.31. The van der Waals surface area contributed by atoms with Crippen molar-refractivity contribution in [3.63, 3.8) is 0 Å². The lowest BCUT2D eigenvalue weighted by Gasteiger charge is -2.30. The molecule has 1 aliphatic rings. The molecule has 0 saturated heterocycles. The van der Waals surface area contributed by atoms with Crippen molar-refractivity contribution < 1.29 is 14.3 Å². The van der Waals surface area contributed by atoms with Crippen LogP contribution in [0.4, 0.5) is 5.69 Å². The lowest BCUT2D eigenvalue weighted by molar-refractivity contribution is -0.131. The van der Waals surface area contributed by atoms with Gasteiger partial charge in [-0.3, -0.25) is 9.59 Å². The lowest BCUT2D eigenvalue weighted by atomic mass is 10.2. The van der Waals surface area contributed by atoms with Gasteiger partial charge in [-0.1, -0.05) is 41.9 Å². The van der Waals surface area contributed by atoms with E-state index in [1.165, 1.54) is 0 Å². The van der Waals surface area contributed by atoms with E-state index >= 15 is 0 Å². The first-order valence-electron chi connectivity index (χ1n) is 8.63. The molecule has 0 saturated carbocycles. The molecular weight excluding hydrogens is 352 g/mol. The first kappa shape index (κ1) is 18.3. The van der Waals surface area contributed by atoms with E-state index in [0.717, 1.165) is 5.56 Å². The Balaban J connectivity index is 1.66. The summed E-state index contributed by atoms with van der Waals surface area (Å²) >= 11 is 6.20. The average Bonchev–Trinajstić information content (AvgIpc) is 2.66. The van der Waals surface area contributed by atoms with Crippen molar-refractivity contribution in [1.29, 1.82) is 0 Å². The fourth-order valence-corrected chi connectivity index (χ4v) is 3.17. The van der Waals surface area contributed by atoms with Crippen LogP contribution in [-0.4, -0.2) is 36.4 Å². The van der Waals surface area contributed by atoms with Crippen molar-refractivity contribution in [2.75, 3.05) is 24.6 Å². The van der Waals surface area contributed by atoms with E-state index < -0.39 is 0 Å². The van der Waals surface area contributed by atoms with Crippen LogP contribution in [0, 0.1) is 0 Å². The van der Waals surface area contributed by atoms with Crippen LogP contribution in [0.1, 0.15) is 18.9 Å². The summed E-state index contributed by atoms with van der Waals surface area (Å²) in [6.07, 6.45) is 0.248. The zero-order chi connectivity index (χ0) is 18.5. The standard InChI is InChI=1S/C20H21ClN2O3/c1-2-22(13-15-7-3-4-8-16(15)21)19(24)11-12-23-17-9-5-6-10-18(17)26-14-20(23)25/h3-10H,2,11-14H2,1H3. The largest absolute Gasteiger partial charge is 0.482 e. The monoisotopic (exact) mass is 372 g/mol. The molecule has 0 bridgehead atoms. The topological polar surface area (TPSA) is 49.9 Å². The number of nitrogens with zero attached hydrogens (tertiary/aromatic N) is 2. The fraction of sp³-hybridized carbons (Fsp3) is 0.300. The fourth-order valence-electron chi connectivity index (χ4n) is 2.97. The zero-order valence-electron chi connectivity index (χ0n) is 14.7. The minimum atomic E-state index is -0.134. The Bertz CT molecular complexity index is 809. The first-order chi connectivity index (χ1) is 12.6. The van der Waals surface area contributed by atoms with Gasteiger partial charge in [-0.05, 0) is 30.7 Å². The maximum absolute atomic E-state index is 12.7. The van der Waals surface area contributed by atoms with Crippen LogP contribution in [0.15, 0.2) is 48.5 Å². The number of anilines is 1. The third-order valence-corrected chi connectivity index (χ3v) is 4.78. The highest BCUT2D eigenvalue weighted by Crippen LogP contribution is 2.31. The molecule has 2 aromatic carbocycles. The van der Waals surface area contributed by atoms with Gasteiger partial charge in [0.2, 0.25) is 5.91 Å². The highest BCUT2D eigenvalue weighted by atomic mass is 35.5. The normalized spacial score (nSPS) is 13.2. The number of halogens is 1. The lowest BCUT2D eigenvalue weighted by Crippen LogP contribution is -2.41. The number of carbonyl (C=O) groups is 2. The summed E-state index contributed by atoms with van der Waals surface area (Å²) < 4.78 is 5.43. The van der Waals surface area contributed by atoms with Gasteiger partial charge in [0, 0.05) is 31.1 Å². The summed E-state index contributed by atoms with van der Waals surface area (Å²) in [5.74, 6) is 0.526. The SMILES string of the molecule is CCN(Cc1ccccc1Cl)C(=O)CCN1C(=O)COc2ccccc21. The van der Waals surface area contributed by atoms with Crippen molar-refractivity contribution in [2.24, 2.45) is 0 Å². The van der Waals surface area contributed by atoms with Crippen molar-refractivity contribution in [1.82, 2.24) is 4.90 Å². The summed E-state index contributed by atoms with van der Waals surface area (Å²) in [5.41, 5.74) is 1.63. The number of amides is 2. The molecule has 6 heteroatoms. The van der Waals surface area contributed by atoms with E-state index in [2.05, 4.69) is 0 Å². The number of ether oxygens (including phenoxy) is 1. The van der Waals surface area contributed by atoms with Gasteiger partial charge in [0.1, 0.15) is 5.75 Å². The quantitative estimate of drug-likeness (QED) is 0.779. The third-order valence-electron chi connectivity index (χ3n) is 4.41. The zero-order valence-corrected chi connectivity index (χ0v) is 15.4. The average molecular weight is 373 g/mol. The molecule has 2 aromatic rings. The first-order valence-corrected chi connectivity index (χ1v) is 9.01. The van der Waals surface area contributed by atoms with Gasteiger partial charge in [0.25, 0.3) is 5.91 Å². The van der Waals surface area contributed by atoms with Gasteiger partial charge in [-0.25, -0.2) is 0 Å². The Labute approximate surface area is 158 Å². The summed E-state index contributed by atoms with van der Waals surface area (Å²) in [5, 5.41) is 0.649. The molecule has 136 valence electrons. The highest BCUT2D eigenvalue weighted by Gasteiger charge is 2.26. The number of para-hydroxylation sites is 2. The second kappa shape index (κ2) is 8.23. The van der Waals surface area contributed by atoms with Crippen LogP contribution in [0.2, 0.25) is 5.02 Å². The molecule has 26 heavy (non-hydrogen) atoms. The van der Waals surface area contributed by atoms with Crippen LogP contribution in [0.25, 0.3) is 0 Å². The van der Waals surface area contributed by atoms with Gasteiger partial charge in [-0.2, -0.15) is 0 Å². The van der Waals surface area contributed by atoms with Gasteiger partial charge < -0.3 is 14.5 Å². The van der Waals surface area contributed by atoms with E-state index in [-0.39, 0.29) is 24.8 Å². The summed E-state index contributed by atoms with van der Waals surface area (Å²) in [6, 6.07) is 14.9. The minimum absolute atomic E-state index is 0.00230. The Morgan fingerprint density at radius 1 is 1.19 bits per heavy atom. The van der Waals surface area contributed by atoms with Crippen LogP contribution >= 0.6 is 11.6 Å². The van der Waals surface area contributed by atoms with E-state index in [1.54, 1.807) is 9.80 Å². The maximum atomic E-state index is 12.7. The molecule has 1 aliphatic heterocycles. The summed E-state index contributed by atoms with van der Waals surface area (Å²) in [4.78, 5) is 28.2. The summed E-state index contributed by atoms with van der Waals surface area (Å²) in [7, 11) is 0. The number of carbonyl (C=O) groups excluding carboxylic acids is 2. The molecule has 5 nitrogen and oxygen atoms in total. The smallest absolute Gasteiger partial charge is 0.265 e. The van der Waals surface area contributed by atoms with Crippen molar-refractivity contribution in [3.8, 4) is 5.75 Å². The number of rotatable bonds is 6. The molecule has 0 fully saturated rings. The molecule has 0 N–H and O–H groups in total. The van der Waals surface area contributed by atoms with E-state index in [4.69, 9.17) is 16.3 Å². The Morgan fingerprint density at radius 3 is 2.69 bits per heavy atom. The Morgan fingerprint density at radius 2 is 1.92 bits per heavy atom. The molecule has 0 atom stereocenters. The molecule has 3 rings (SSSR count). The van der Waals surface area contributed by atoms with Crippen LogP contribution in [0.5, 0.6) is 5.75 Å². The second-order valence-electron chi connectivity index (χ2n) is 6.05. The molecule has 0 aromatic heterocycles. The molecule has 1 heterocycles. The number of benzene rings is 2. The molecule has 2 amide bonds. The molecule has 0 spiro atoms. The van der Waals surface area contributed by atoms with Gasteiger partial charge in [-0.15, -0.1) is 0 Å². The van der Waals surface area contributed by atoms with E-state index in [9.17, 15) is 9.59 Å². The van der Waals surface area contributed by atoms with Gasteiger partial charge >= 0.3 is 0 Å². The number of fused-ring (bicyclic) bond motifs is 1. The molecule has 0 unspecified atom stereocenters. The number of hydrogen-bond donors (Lipinski definition) is 0. The van der Waals surface area contributed by atoms with E-state index in [1.807, 2.05) is 55.5 Å². The number of hydrogen-bond acceptors (Lipinski definition) is 3. The van der Waals surface area contributed by atoms with Gasteiger partial charge in [0.05, 0.1) is 5.69 Å². The second-order valence-corrected chi connectivity index (χ2v) is 6.46. The Kier molecular flexibility index (Phi) is 5.78. The predicted octanol–water partition coefficient (Wildman–Crippen LogP) is 3.50. The third kappa shape index (κ3) is 3.99. The highest BCUT2D eigenvalue weighted by molar-refractivity contribution is 6.31. The van der Waals surface area contributed by atoms with Crippen molar-refractivity contribution >= 4 is 29.1 Å². The minimum Gasteiger partial charge on any atom is -0.482 e. The molecular formula is C20H21ClN2O3. The molecule has 0 aliphatic carbocycles. The van der Waals surface area contributed by atoms with Crippen molar-refractivity contribution in [2.45, 2.75) is 19.9 Å². The Hall–Kier alpha value is -2.53. The predicted molar refractivity (Wildman–Crippen MR) is 101 cm³/mol. The van der Waals surface area contributed by atoms with Crippen LogP contribution in [0.3, 0.4) is 0 Å².